The van der Waals surface area contributed by atoms with Gasteiger partial charge in [0.15, 0.2) is 0 Å². The standard InChI is InChI=1S/C22H36O3/c1-21-10-8-16(23)12-14(21)4-6-17-18-7-5-15(13-20(24)25-3)22(18,2)11-9-19(17)21/h14-19,23H,4-13H2,1-3H3/t14-,15+,16-,17-,18-,19-,21-,22+/m0/s1. The van der Waals surface area contributed by atoms with Crippen LogP contribution >= 0.6 is 0 Å². The number of methoxy groups -OCH3 is 1. The molecule has 4 saturated carbocycles. The zero-order valence-corrected chi connectivity index (χ0v) is 16.3. The lowest BCUT2D eigenvalue weighted by atomic mass is 9.44. The van der Waals surface area contributed by atoms with Gasteiger partial charge in [0.1, 0.15) is 0 Å². The van der Waals surface area contributed by atoms with Gasteiger partial charge in [0.25, 0.3) is 0 Å². The normalized spacial score (nSPS) is 52.0. The van der Waals surface area contributed by atoms with Crippen LogP contribution in [0.4, 0.5) is 0 Å². The molecule has 0 aromatic carbocycles. The molecule has 4 fully saturated rings. The quantitative estimate of drug-likeness (QED) is 0.744. The van der Waals surface area contributed by atoms with Gasteiger partial charge in [-0.15, -0.1) is 0 Å². The first-order valence-electron chi connectivity index (χ1n) is 10.6. The molecule has 0 aromatic rings. The van der Waals surface area contributed by atoms with Gasteiger partial charge in [0.2, 0.25) is 0 Å². The Bertz CT molecular complexity index is 531. The summed E-state index contributed by atoms with van der Waals surface area (Å²) in [6, 6.07) is 0. The van der Waals surface area contributed by atoms with Crippen molar-refractivity contribution in [2.24, 2.45) is 40.4 Å². The summed E-state index contributed by atoms with van der Waals surface area (Å²) in [6.07, 6.45) is 11.6. The second-order valence-electron chi connectivity index (χ2n) is 10.2. The maximum atomic E-state index is 11.9. The summed E-state index contributed by atoms with van der Waals surface area (Å²) in [5, 5.41) is 10.1. The molecule has 1 N–H and O–H groups in total. The first-order valence-corrected chi connectivity index (χ1v) is 10.6. The monoisotopic (exact) mass is 348 g/mol. The fourth-order valence-corrected chi connectivity index (χ4v) is 7.96. The molecule has 142 valence electrons. The number of hydrogen-bond acceptors (Lipinski definition) is 3. The third-order valence-electron chi connectivity index (χ3n) is 9.48. The molecule has 0 spiro atoms. The van der Waals surface area contributed by atoms with Crippen LogP contribution < -0.4 is 0 Å². The van der Waals surface area contributed by atoms with Crippen LogP contribution in [0.2, 0.25) is 0 Å². The summed E-state index contributed by atoms with van der Waals surface area (Å²) in [7, 11) is 1.52. The molecule has 0 unspecified atom stereocenters. The Morgan fingerprint density at radius 1 is 1.00 bits per heavy atom. The van der Waals surface area contributed by atoms with E-state index in [0.717, 1.165) is 36.5 Å². The zero-order chi connectivity index (χ0) is 17.8. The van der Waals surface area contributed by atoms with Crippen LogP contribution in [0.15, 0.2) is 0 Å². The van der Waals surface area contributed by atoms with Gasteiger partial charge in [-0.05, 0) is 98.2 Å². The number of aliphatic hydroxyl groups excluding tert-OH is 1. The van der Waals surface area contributed by atoms with Gasteiger partial charge in [-0.3, -0.25) is 4.79 Å². The van der Waals surface area contributed by atoms with Crippen molar-refractivity contribution in [1.29, 1.82) is 0 Å². The van der Waals surface area contributed by atoms with E-state index >= 15 is 0 Å². The summed E-state index contributed by atoms with van der Waals surface area (Å²) in [6.45, 7) is 5.03. The van der Waals surface area contributed by atoms with Crippen LogP contribution in [-0.2, 0) is 9.53 Å². The minimum absolute atomic E-state index is 0.0223. The minimum atomic E-state index is -0.0561. The van der Waals surface area contributed by atoms with Crippen molar-refractivity contribution in [3.8, 4) is 0 Å². The second-order valence-corrected chi connectivity index (χ2v) is 10.2. The van der Waals surface area contributed by atoms with E-state index in [1.807, 2.05) is 0 Å². The van der Waals surface area contributed by atoms with Crippen molar-refractivity contribution in [3.05, 3.63) is 0 Å². The molecule has 0 radical (unpaired) electrons. The number of rotatable bonds is 2. The largest absolute Gasteiger partial charge is 0.469 e. The highest BCUT2D eigenvalue weighted by atomic mass is 16.5. The van der Waals surface area contributed by atoms with E-state index < -0.39 is 0 Å². The molecule has 4 aliphatic carbocycles. The van der Waals surface area contributed by atoms with E-state index in [2.05, 4.69) is 13.8 Å². The molecule has 3 heteroatoms. The summed E-state index contributed by atoms with van der Waals surface area (Å²) in [5.41, 5.74) is 0.788. The lowest BCUT2D eigenvalue weighted by Crippen LogP contribution is -2.54. The van der Waals surface area contributed by atoms with E-state index in [9.17, 15) is 9.90 Å². The van der Waals surface area contributed by atoms with Crippen LogP contribution in [-0.4, -0.2) is 24.3 Å². The molecular weight excluding hydrogens is 312 g/mol. The van der Waals surface area contributed by atoms with Crippen LogP contribution in [0, 0.1) is 40.4 Å². The number of ether oxygens (including phenoxy) is 1. The molecule has 4 rings (SSSR count). The molecule has 0 amide bonds. The maximum absolute atomic E-state index is 11.9. The van der Waals surface area contributed by atoms with E-state index in [1.165, 1.54) is 52.1 Å². The van der Waals surface area contributed by atoms with Gasteiger partial charge in [-0.2, -0.15) is 0 Å². The molecule has 0 heterocycles. The Morgan fingerprint density at radius 2 is 1.72 bits per heavy atom. The third-order valence-corrected chi connectivity index (χ3v) is 9.48. The zero-order valence-electron chi connectivity index (χ0n) is 16.3. The summed E-state index contributed by atoms with van der Waals surface area (Å²) in [5.74, 6) is 3.71. The van der Waals surface area contributed by atoms with Crippen molar-refractivity contribution in [2.75, 3.05) is 7.11 Å². The highest BCUT2D eigenvalue weighted by molar-refractivity contribution is 5.69. The summed E-state index contributed by atoms with van der Waals surface area (Å²) < 4.78 is 4.98. The average Bonchev–Trinajstić information content (AvgIpc) is 2.92. The van der Waals surface area contributed by atoms with Crippen LogP contribution in [0.5, 0.6) is 0 Å². The van der Waals surface area contributed by atoms with Gasteiger partial charge in [-0.25, -0.2) is 0 Å². The molecule has 0 aromatic heterocycles. The number of hydrogen-bond donors (Lipinski definition) is 1. The first-order chi connectivity index (χ1) is 11.9. The van der Waals surface area contributed by atoms with Crippen molar-refractivity contribution in [3.63, 3.8) is 0 Å². The van der Waals surface area contributed by atoms with Crippen LogP contribution in [0.1, 0.15) is 78.1 Å². The van der Waals surface area contributed by atoms with Crippen molar-refractivity contribution in [1.82, 2.24) is 0 Å². The Morgan fingerprint density at radius 3 is 2.48 bits per heavy atom. The lowest BCUT2D eigenvalue weighted by Gasteiger charge is -2.61. The highest BCUT2D eigenvalue weighted by Crippen LogP contribution is 2.67. The van der Waals surface area contributed by atoms with Gasteiger partial charge in [0.05, 0.1) is 13.2 Å². The van der Waals surface area contributed by atoms with E-state index in [4.69, 9.17) is 4.74 Å². The molecule has 0 aliphatic heterocycles. The van der Waals surface area contributed by atoms with E-state index in [0.29, 0.717) is 23.2 Å². The van der Waals surface area contributed by atoms with Crippen molar-refractivity contribution >= 4 is 5.97 Å². The van der Waals surface area contributed by atoms with Gasteiger partial charge < -0.3 is 9.84 Å². The molecule has 8 atom stereocenters. The molecule has 0 saturated heterocycles. The Balaban J connectivity index is 1.55. The molecular formula is C22H36O3. The van der Waals surface area contributed by atoms with E-state index in [1.54, 1.807) is 0 Å². The molecule has 4 aliphatic rings. The SMILES string of the molecule is COC(=O)C[C@H]1CC[C@H]2[C@@H]3CC[C@H]4C[C@@H](O)CC[C@]4(C)[C@H]3CC[C@]12C. The summed E-state index contributed by atoms with van der Waals surface area (Å²) in [4.78, 5) is 11.9. The average molecular weight is 349 g/mol. The van der Waals surface area contributed by atoms with Crippen LogP contribution in [0.3, 0.4) is 0 Å². The second kappa shape index (κ2) is 6.25. The number of aliphatic hydroxyl groups is 1. The van der Waals surface area contributed by atoms with Crippen molar-refractivity contribution < 1.29 is 14.6 Å². The topological polar surface area (TPSA) is 46.5 Å². The van der Waals surface area contributed by atoms with E-state index in [-0.39, 0.29) is 12.1 Å². The number of carbonyl (C=O) groups excluding carboxylic acids is 1. The molecule has 0 bridgehead atoms. The third kappa shape index (κ3) is 2.67. The Hall–Kier alpha value is -0.570. The summed E-state index contributed by atoms with van der Waals surface area (Å²) >= 11 is 0. The molecule has 25 heavy (non-hydrogen) atoms. The van der Waals surface area contributed by atoms with Gasteiger partial charge in [-0.1, -0.05) is 13.8 Å². The maximum Gasteiger partial charge on any atom is 0.305 e. The first kappa shape index (κ1) is 17.8. The predicted molar refractivity (Wildman–Crippen MR) is 97.9 cm³/mol. The Labute approximate surface area is 152 Å². The minimum Gasteiger partial charge on any atom is -0.469 e. The van der Waals surface area contributed by atoms with Crippen molar-refractivity contribution in [2.45, 2.75) is 84.2 Å². The predicted octanol–water partition coefficient (Wildman–Crippen LogP) is 4.57. The lowest BCUT2D eigenvalue weighted by molar-refractivity contribution is -0.146. The Kier molecular flexibility index (Phi) is 4.46. The number of esters is 1. The van der Waals surface area contributed by atoms with Gasteiger partial charge in [0, 0.05) is 6.42 Å². The van der Waals surface area contributed by atoms with Gasteiger partial charge >= 0.3 is 5.97 Å². The highest BCUT2D eigenvalue weighted by Gasteiger charge is 2.60. The molecule has 3 nitrogen and oxygen atoms in total. The number of carbonyl (C=O) groups is 1. The van der Waals surface area contributed by atoms with Crippen LogP contribution in [0.25, 0.3) is 0 Å². The smallest absolute Gasteiger partial charge is 0.305 e. The number of fused-ring (bicyclic) bond motifs is 5. The fraction of sp³-hybridized carbons (Fsp3) is 0.955. The fourth-order valence-electron chi connectivity index (χ4n) is 7.96.